The Bertz CT molecular complexity index is 318. The van der Waals surface area contributed by atoms with Gasteiger partial charge in [0.25, 0.3) is 0 Å². The fourth-order valence-corrected chi connectivity index (χ4v) is 6.30. The van der Waals surface area contributed by atoms with Gasteiger partial charge in [-0.05, 0) is 76.0 Å². The molecular formula is C18H32N2. The van der Waals surface area contributed by atoms with E-state index < -0.39 is 0 Å². The molecule has 2 bridgehead atoms. The fourth-order valence-electron chi connectivity index (χ4n) is 6.30. The zero-order valence-corrected chi connectivity index (χ0v) is 13.8. The molecule has 2 aliphatic heterocycles. The van der Waals surface area contributed by atoms with Crippen LogP contribution in [0.2, 0.25) is 0 Å². The Morgan fingerprint density at radius 3 is 1.10 bits per heavy atom. The number of hydrogen-bond donors (Lipinski definition) is 0. The Kier molecular flexibility index (Phi) is 3.20. The summed E-state index contributed by atoms with van der Waals surface area (Å²) in [4.78, 5) is 5.56. The molecule has 2 nitrogen and oxygen atoms in total. The average molecular weight is 276 g/mol. The van der Waals surface area contributed by atoms with Gasteiger partial charge in [0, 0.05) is 38.3 Å². The summed E-state index contributed by atoms with van der Waals surface area (Å²) in [6.45, 7) is 15.2. The summed E-state index contributed by atoms with van der Waals surface area (Å²) in [6, 6.07) is 1.51. The predicted octanol–water partition coefficient (Wildman–Crippen LogP) is 2.94. The lowest BCUT2D eigenvalue weighted by molar-refractivity contribution is -0.0289. The van der Waals surface area contributed by atoms with Crippen LogP contribution in [0.3, 0.4) is 0 Å². The maximum atomic E-state index is 2.78. The molecule has 0 aromatic carbocycles. The van der Waals surface area contributed by atoms with Crippen molar-refractivity contribution in [3.05, 3.63) is 0 Å². The van der Waals surface area contributed by atoms with Crippen molar-refractivity contribution in [2.24, 2.45) is 35.5 Å². The summed E-state index contributed by atoms with van der Waals surface area (Å²) in [5.41, 5.74) is 0. The van der Waals surface area contributed by atoms with Crippen LogP contribution in [0.1, 0.15) is 40.5 Å². The minimum Gasteiger partial charge on any atom is -0.300 e. The van der Waals surface area contributed by atoms with Crippen LogP contribution in [-0.4, -0.2) is 48.1 Å². The highest BCUT2D eigenvalue weighted by Crippen LogP contribution is 2.59. The van der Waals surface area contributed by atoms with Gasteiger partial charge in [-0.3, -0.25) is 0 Å². The minimum absolute atomic E-state index is 0.756. The normalized spacial score (nSPS) is 48.3. The second-order valence-corrected chi connectivity index (χ2v) is 8.66. The van der Waals surface area contributed by atoms with Crippen molar-refractivity contribution < 1.29 is 0 Å². The molecule has 0 spiro atoms. The average Bonchev–Trinajstić information content (AvgIpc) is 3.04. The molecule has 4 unspecified atom stereocenters. The van der Waals surface area contributed by atoms with Crippen molar-refractivity contribution in [1.29, 1.82) is 0 Å². The predicted molar refractivity (Wildman–Crippen MR) is 83.6 cm³/mol. The van der Waals surface area contributed by atoms with Gasteiger partial charge in [0.15, 0.2) is 0 Å². The van der Waals surface area contributed by atoms with E-state index in [1.807, 2.05) is 0 Å². The Hall–Kier alpha value is -0.0800. The molecular weight excluding hydrogens is 244 g/mol. The van der Waals surface area contributed by atoms with E-state index in [-0.39, 0.29) is 0 Å². The molecule has 0 aromatic heterocycles. The van der Waals surface area contributed by atoms with E-state index in [9.17, 15) is 0 Å². The summed E-state index contributed by atoms with van der Waals surface area (Å²) < 4.78 is 0. The topological polar surface area (TPSA) is 6.48 Å². The summed E-state index contributed by atoms with van der Waals surface area (Å²) in [5, 5.41) is 0. The molecule has 0 radical (unpaired) electrons. The SMILES string of the molecule is CC(C)N1CC2C3CCC(C2C1)C1CN(C(C)C)CC31. The molecule has 114 valence electrons. The minimum atomic E-state index is 0.756. The lowest BCUT2D eigenvalue weighted by Gasteiger charge is -2.52. The van der Waals surface area contributed by atoms with Crippen LogP contribution >= 0.6 is 0 Å². The van der Waals surface area contributed by atoms with E-state index in [4.69, 9.17) is 0 Å². The van der Waals surface area contributed by atoms with Crippen LogP contribution in [0.4, 0.5) is 0 Å². The van der Waals surface area contributed by atoms with E-state index in [0.717, 1.165) is 47.6 Å². The van der Waals surface area contributed by atoms with E-state index >= 15 is 0 Å². The first-order chi connectivity index (χ1) is 9.56. The number of nitrogens with zero attached hydrogens (tertiary/aromatic N) is 2. The molecule has 0 N–H and O–H groups in total. The van der Waals surface area contributed by atoms with Crippen molar-refractivity contribution in [2.45, 2.75) is 52.6 Å². The van der Waals surface area contributed by atoms with Gasteiger partial charge in [-0.2, -0.15) is 0 Å². The highest BCUT2D eigenvalue weighted by Gasteiger charge is 2.58. The molecule has 2 saturated heterocycles. The molecule has 3 saturated carbocycles. The van der Waals surface area contributed by atoms with Crippen molar-refractivity contribution >= 4 is 0 Å². The summed E-state index contributed by atoms with van der Waals surface area (Å²) in [6.07, 6.45) is 3.09. The molecule has 4 atom stereocenters. The second-order valence-electron chi connectivity index (χ2n) is 8.66. The maximum absolute atomic E-state index is 2.78. The summed E-state index contributed by atoms with van der Waals surface area (Å²) >= 11 is 0. The molecule has 20 heavy (non-hydrogen) atoms. The Balaban J connectivity index is 1.57. The van der Waals surface area contributed by atoms with E-state index in [1.54, 1.807) is 12.8 Å². The molecule has 5 aliphatic rings. The molecule has 0 amide bonds. The van der Waals surface area contributed by atoms with Crippen LogP contribution in [0.25, 0.3) is 0 Å². The molecule has 0 aromatic rings. The third-order valence-corrected chi connectivity index (χ3v) is 7.37. The summed E-state index contributed by atoms with van der Waals surface area (Å²) in [5.74, 6) is 6.30. The van der Waals surface area contributed by atoms with Crippen LogP contribution in [0, 0.1) is 35.5 Å². The van der Waals surface area contributed by atoms with E-state index in [2.05, 4.69) is 37.5 Å². The zero-order chi connectivity index (χ0) is 14.0. The smallest absolute Gasteiger partial charge is 0.00388 e. The van der Waals surface area contributed by atoms with Gasteiger partial charge in [0.2, 0.25) is 0 Å². The van der Waals surface area contributed by atoms with Crippen molar-refractivity contribution in [3.63, 3.8) is 0 Å². The van der Waals surface area contributed by atoms with Crippen LogP contribution in [0.5, 0.6) is 0 Å². The van der Waals surface area contributed by atoms with Crippen LogP contribution in [0.15, 0.2) is 0 Å². The first kappa shape index (κ1) is 13.6. The largest absolute Gasteiger partial charge is 0.300 e. The van der Waals surface area contributed by atoms with E-state index in [1.165, 1.54) is 26.2 Å². The monoisotopic (exact) mass is 276 g/mol. The summed E-state index contributed by atoms with van der Waals surface area (Å²) in [7, 11) is 0. The lowest BCUT2D eigenvalue weighted by atomic mass is 9.52. The Morgan fingerprint density at radius 2 is 0.850 bits per heavy atom. The lowest BCUT2D eigenvalue weighted by Crippen LogP contribution is -2.49. The Labute approximate surface area is 124 Å². The Morgan fingerprint density at radius 1 is 0.550 bits per heavy atom. The van der Waals surface area contributed by atoms with Crippen LogP contribution < -0.4 is 0 Å². The van der Waals surface area contributed by atoms with Gasteiger partial charge in [-0.1, -0.05) is 0 Å². The van der Waals surface area contributed by atoms with Gasteiger partial charge in [0.05, 0.1) is 0 Å². The third kappa shape index (κ3) is 1.83. The molecule has 2 heteroatoms. The van der Waals surface area contributed by atoms with Gasteiger partial charge >= 0.3 is 0 Å². The van der Waals surface area contributed by atoms with Gasteiger partial charge in [0.1, 0.15) is 0 Å². The maximum Gasteiger partial charge on any atom is 0.00388 e. The first-order valence-electron chi connectivity index (χ1n) is 9.04. The van der Waals surface area contributed by atoms with Crippen molar-refractivity contribution in [1.82, 2.24) is 9.80 Å². The van der Waals surface area contributed by atoms with E-state index in [0.29, 0.717) is 0 Å². The zero-order valence-electron chi connectivity index (χ0n) is 13.8. The fraction of sp³-hybridized carbons (Fsp3) is 1.00. The number of fused-ring (bicyclic) bond motifs is 1. The highest BCUT2D eigenvalue weighted by molar-refractivity contribution is 5.09. The highest BCUT2D eigenvalue weighted by atomic mass is 15.2. The third-order valence-electron chi connectivity index (χ3n) is 7.37. The quantitative estimate of drug-likeness (QED) is 0.765. The first-order valence-corrected chi connectivity index (χ1v) is 9.04. The molecule has 5 fully saturated rings. The van der Waals surface area contributed by atoms with Gasteiger partial charge < -0.3 is 9.80 Å². The van der Waals surface area contributed by atoms with Gasteiger partial charge in [-0.25, -0.2) is 0 Å². The number of rotatable bonds is 2. The molecule has 2 heterocycles. The van der Waals surface area contributed by atoms with Crippen molar-refractivity contribution in [3.8, 4) is 0 Å². The molecule has 3 aliphatic carbocycles. The van der Waals surface area contributed by atoms with Crippen molar-refractivity contribution in [2.75, 3.05) is 26.2 Å². The van der Waals surface area contributed by atoms with Gasteiger partial charge in [-0.15, -0.1) is 0 Å². The second kappa shape index (κ2) is 4.71. The van der Waals surface area contributed by atoms with Crippen LogP contribution in [-0.2, 0) is 0 Å². The number of hydrogen-bond acceptors (Lipinski definition) is 2. The molecule has 5 rings (SSSR count). The standard InChI is InChI=1S/C18H32N2/c1-11(2)19-7-15-13-5-6-14(16(15)8-19)18-10-20(12(3)4)9-17(13)18/h11-18H,5-10H2,1-4H3. The number of likely N-dealkylation sites (tertiary alicyclic amines) is 2.